The number of nitrogens with one attached hydrogen (secondary N) is 1. The molecule has 2 unspecified atom stereocenters. The molecule has 2 atom stereocenters. The average Bonchev–Trinajstić information content (AvgIpc) is 2.21. The molecule has 0 aliphatic heterocycles. The molecule has 14 heavy (non-hydrogen) atoms. The van der Waals surface area contributed by atoms with Gasteiger partial charge in [-0.3, -0.25) is 0 Å². The second kappa shape index (κ2) is 9.40. The van der Waals surface area contributed by atoms with Gasteiger partial charge in [-0.15, -0.1) is 0 Å². The van der Waals surface area contributed by atoms with Gasteiger partial charge in [-0.05, 0) is 13.3 Å². The van der Waals surface area contributed by atoms with E-state index in [1.54, 1.807) is 7.11 Å². The monoisotopic (exact) mass is 205 g/mol. The third-order valence-electron chi connectivity index (χ3n) is 2.06. The zero-order chi connectivity index (χ0) is 10.8. The molecule has 4 nitrogen and oxygen atoms in total. The van der Waals surface area contributed by atoms with Crippen molar-refractivity contribution in [3.63, 3.8) is 0 Å². The topological polar surface area (TPSA) is 50.7 Å². The van der Waals surface area contributed by atoms with E-state index in [0.29, 0.717) is 32.4 Å². The maximum Gasteiger partial charge on any atom is 0.0897 e. The van der Waals surface area contributed by atoms with Crippen LogP contribution in [0.5, 0.6) is 0 Å². The van der Waals surface area contributed by atoms with Crippen molar-refractivity contribution < 1.29 is 14.6 Å². The molecule has 0 aromatic rings. The summed E-state index contributed by atoms with van der Waals surface area (Å²) in [4.78, 5) is 0. The van der Waals surface area contributed by atoms with E-state index in [0.717, 1.165) is 6.42 Å². The molecule has 0 rings (SSSR count). The lowest BCUT2D eigenvalue weighted by atomic mass is 10.2. The van der Waals surface area contributed by atoms with Crippen LogP contribution in [0, 0.1) is 0 Å². The van der Waals surface area contributed by atoms with Crippen molar-refractivity contribution in [3.05, 3.63) is 0 Å². The zero-order valence-electron chi connectivity index (χ0n) is 9.45. The SMILES string of the molecule is CCC(C)NCC(O)COCCOC. The Morgan fingerprint density at radius 2 is 2.07 bits per heavy atom. The standard InChI is InChI=1S/C10H23NO3/c1-4-9(2)11-7-10(12)8-14-6-5-13-3/h9-12H,4-8H2,1-3H3. The smallest absolute Gasteiger partial charge is 0.0897 e. The zero-order valence-corrected chi connectivity index (χ0v) is 9.45. The highest BCUT2D eigenvalue weighted by Crippen LogP contribution is 1.90. The van der Waals surface area contributed by atoms with Crippen LogP contribution in [0.25, 0.3) is 0 Å². The third kappa shape index (κ3) is 8.44. The molecule has 86 valence electrons. The predicted molar refractivity (Wildman–Crippen MR) is 56.5 cm³/mol. The van der Waals surface area contributed by atoms with Gasteiger partial charge in [-0.1, -0.05) is 6.92 Å². The highest BCUT2D eigenvalue weighted by molar-refractivity contribution is 4.63. The molecule has 0 aliphatic carbocycles. The number of hydrogen-bond acceptors (Lipinski definition) is 4. The van der Waals surface area contributed by atoms with E-state index in [2.05, 4.69) is 19.2 Å². The number of aliphatic hydroxyl groups excluding tert-OH is 1. The van der Waals surface area contributed by atoms with Crippen LogP contribution in [0.4, 0.5) is 0 Å². The number of hydrogen-bond donors (Lipinski definition) is 2. The fourth-order valence-electron chi connectivity index (χ4n) is 0.902. The maximum absolute atomic E-state index is 9.46. The number of rotatable bonds is 9. The molecule has 0 aromatic carbocycles. The fraction of sp³-hybridized carbons (Fsp3) is 1.00. The lowest BCUT2D eigenvalue weighted by molar-refractivity contribution is 0.0130. The first kappa shape index (κ1) is 13.8. The lowest BCUT2D eigenvalue weighted by Gasteiger charge is -2.15. The Bertz CT molecular complexity index is 122. The summed E-state index contributed by atoms with van der Waals surface area (Å²) in [7, 11) is 1.63. The van der Waals surface area contributed by atoms with Crippen molar-refractivity contribution in [2.75, 3.05) is 33.5 Å². The van der Waals surface area contributed by atoms with E-state index >= 15 is 0 Å². The molecule has 0 amide bonds. The van der Waals surface area contributed by atoms with Crippen LogP contribution in [0.3, 0.4) is 0 Å². The molecule has 0 saturated carbocycles. The Balaban J connectivity index is 3.23. The van der Waals surface area contributed by atoms with Crippen molar-refractivity contribution in [2.45, 2.75) is 32.4 Å². The van der Waals surface area contributed by atoms with Gasteiger partial charge in [0.1, 0.15) is 0 Å². The predicted octanol–water partition coefficient (Wildman–Crippen LogP) is 0.398. The summed E-state index contributed by atoms with van der Waals surface area (Å²) >= 11 is 0. The molecule has 0 heterocycles. The molecule has 0 aromatic heterocycles. The molecule has 0 radical (unpaired) electrons. The van der Waals surface area contributed by atoms with Gasteiger partial charge in [0.2, 0.25) is 0 Å². The van der Waals surface area contributed by atoms with Gasteiger partial charge in [0.25, 0.3) is 0 Å². The van der Waals surface area contributed by atoms with E-state index in [-0.39, 0.29) is 0 Å². The van der Waals surface area contributed by atoms with Crippen LogP contribution in [-0.2, 0) is 9.47 Å². The second-order valence-electron chi connectivity index (χ2n) is 3.44. The van der Waals surface area contributed by atoms with E-state index in [9.17, 15) is 5.11 Å². The lowest BCUT2D eigenvalue weighted by Crippen LogP contribution is -2.35. The van der Waals surface area contributed by atoms with Gasteiger partial charge in [-0.25, -0.2) is 0 Å². The van der Waals surface area contributed by atoms with Gasteiger partial charge in [-0.2, -0.15) is 0 Å². The summed E-state index contributed by atoms with van der Waals surface area (Å²) in [5.74, 6) is 0. The van der Waals surface area contributed by atoms with Crippen LogP contribution < -0.4 is 5.32 Å². The second-order valence-corrected chi connectivity index (χ2v) is 3.44. The van der Waals surface area contributed by atoms with Gasteiger partial charge < -0.3 is 19.9 Å². The Morgan fingerprint density at radius 3 is 2.64 bits per heavy atom. The molecule has 2 N–H and O–H groups in total. The van der Waals surface area contributed by atoms with Gasteiger partial charge in [0.15, 0.2) is 0 Å². The number of aliphatic hydroxyl groups is 1. The molecule has 0 fully saturated rings. The minimum atomic E-state index is -0.430. The molecule has 0 bridgehead atoms. The first-order valence-corrected chi connectivity index (χ1v) is 5.18. The summed E-state index contributed by atoms with van der Waals surface area (Å²) in [5.41, 5.74) is 0. The van der Waals surface area contributed by atoms with E-state index < -0.39 is 6.10 Å². The Labute approximate surface area is 86.6 Å². The largest absolute Gasteiger partial charge is 0.389 e. The minimum Gasteiger partial charge on any atom is -0.389 e. The Kier molecular flexibility index (Phi) is 9.29. The maximum atomic E-state index is 9.46. The van der Waals surface area contributed by atoms with Crippen molar-refractivity contribution in [1.82, 2.24) is 5.32 Å². The molecular weight excluding hydrogens is 182 g/mol. The normalized spacial score (nSPS) is 15.4. The number of ether oxygens (including phenoxy) is 2. The minimum absolute atomic E-state index is 0.368. The number of methoxy groups -OCH3 is 1. The summed E-state index contributed by atoms with van der Waals surface area (Å²) in [6.07, 6.45) is 0.637. The van der Waals surface area contributed by atoms with E-state index in [1.807, 2.05) is 0 Å². The highest BCUT2D eigenvalue weighted by Gasteiger charge is 2.05. The van der Waals surface area contributed by atoms with Crippen LogP contribution >= 0.6 is 0 Å². The van der Waals surface area contributed by atoms with Crippen LogP contribution in [-0.4, -0.2) is 50.7 Å². The van der Waals surface area contributed by atoms with Crippen molar-refractivity contribution in [3.8, 4) is 0 Å². The molecule has 4 heteroatoms. The van der Waals surface area contributed by atoms with Crippen molar-refractivity contribution >= 4 is 0 Å². The molecule has 0 aliphatic rings. The average molecular weight is 205 g/mol. The fourth-order valence-corrected chi connectivity index (χ4v) is 0.902. The Hall–Kier alpha value is -0.160. The summed E-state index contributed by atoms with van der Waals surface area (Å²) in [6.45, 7) is 6.27. The van der Waals surface area contributed by atoms with Gasteiger partial charge in [0.05, 0.1) is 25.9 Å². The summed E-state index contributed by atoms with van der Waals surface area (Å²) in [6, 6.07) is 0.448. The third-order valence-corrected chi connectivity index (χ3v) is 2.06. The Morgan fingerprint density at radius 1 is 1.36 bits per heavy atom. The van der Waals surface area contributed by atoms with Crippen molar-refractivity contribution in [1.29, 1.82) is 0 Å². The highest BCUT2D eigenvalue weighted by atomic mass is 16.5. The first-order valence-electron chi connectivity index (χ1n) is 5.18. The quantitative estimate of drug-likeness (QED) is 0.535. The van der Waals surface area contributed by atoms with E-state index in [1.165, 1.54) is 0 Å². The molecule has 0 saturated heterocycles. The molecular formula is C10H23NO3. The van der Waals surface area contributed by atoms with Gasteiger partial charge in [0, 0.05) is 19.7 Å². The van der Waals surface area contributed by atoms with E-state index in [4.69, 9.17) is 9.47 Å². The van der Waals surface area contributed by atoms with Crippen LogP contribution in [0.15, 0.2) is 0 Å². The van der Waals surface area contributed by atoms with Crippen molar-refractivity contribution in [2.24, 2.45) is 0 Å². The summed E-state index contributed by atoms with van der Waals surface area (Å²) in [5, 5.41) is 12.7. The van der Waals surface area contributed by atoms with Crippen LogP contribution in [0.2, 0.25) is 0 Å². The summed E-state index contributed by atoms with van der Waals surface area (Å²) < 4.78 is 10.0. The molecule has 0 spiro atoms. The van der Waals surface area contributed by atoms with Gasteiger partial charge >= 0.3 is 0 Å². The first-order chi connectivity index (χ1) is 6.70. The van der Waals surface area contributed by atoms with Crippen LogP contribution in [0.1, 0.15) is 20.3 Å².